The Hall–Kier alpha value is -3.90. The van der Waals surface area contributed by atoms with Crippen LogP contribution in [0.4, 0.5) is 0 Å². The monoisotopic (exact) mass is 474 g/mol. The molecule has 0 radical (unpaired) electrons. The summed E-state index contributed by atoms with van der Waals surface area (Å²) in [5.41, 5.74) is 11.9. The zero-order valence-electron chi connectivity index (χ0n) is 21.2. The van der Waals surface area contributed by atoms with Gasteiger partial charge in [0.05, 0.1) is 0 Å². The minimum absolute atomic E-state index is 1.19. The number of aryl methyl sites for hydroxylation is 3. The summed E-state index contributed by atoms with van der Waals surface area (Å²) < 4.78 is 0. The van der Waals surface area contributed by atoms with E-state index in [1.165, 1.54) is 99.5 Å². The van der Waals surface area contributed by atoms with Gasteiger partial charge in [0.25, 0.3) is 0 Å². The highest BCUT2D eigenvalue weighted by Crippen LogP contribution is 2.48. The molecule has 2 aliphatic rings. The van der Waals surface area contributed by atoms with Crippen LogP contribution in [-0.4, -0.2) is 0 Å². The molecule has 0 unspecified atom stereocenters. The Morgan fingerprint density at radius 1 is 0.378 bits per heavy atom. The van der Waals surface area contributed by atoms with Crippen LogP contribution in [0.15, 0.2) is 97.1 Å². The van der Waals surface area contributed by atoms with Crippen molar-refractivity contribution in [2.75, 3.05) is 0 Å². The minimum Gasteiger partial charge on any atom is -0.0616 e. The van der Waals surface area contributed by atoms with Gasteiger partial charge in [-0.25, -0.2) is 0 Å². The summed E-state index contributed by atoms with van der Waals surface area (Å²) in [7, 11) is 0. The molecular weight excluding hydrogens is 444 g/mol. The fourth-order valence-corrected chi connectivity index (χ4v) is 7.29. The Kier molecular flexibility index (Phi) is 4.77. The highest BCUT2D eigenvalue weighted by molar-refractivity contribution is 6.24. The number of fused-ring (bicyclic) bond motifs is 5. The highest BCUT2D eigenvalue weighted by atomic mass is 14.3. The quantitative estimate of drug-likeness (QED) is 0.219. The van der Waals surface area contributed by atoms with E-state index in [-0.39, 0.29) is 0 Å². The van der Waals surface area contributed by atoms with Crippen LogP contribution in [0.2, 0.25) is 0 Å². The topological polar surface area (TPSA) is 0 Å². The first kappa shape index (κ1) is 21.2. The van der Waals surface area contributed by atoms with Crippen LogP contribution in [-0.2, 0) is 25.7 Å². The fourth-order valence-electron chi connectivity index (χ4n) is 7.29. The lowest BCUT2D eigenvalue weighted by Gasteiger charge is -2.24. The second-order valence-electron chi connectivity index (χ2n) is 11.0. The number of benzene rings is 6. The smallest absolute Gasteiger partial charge is 0.00200 e. The maximum atomic E-state index is 2.57. The van der Waals surface area contributed by atoms with Gasteiger partial charge < -0.3 is 0 Å². The average molecular weight is 475 g/mol. The number of hydrogen-bond acceptors (Lipinski definition) is 0. The van der Waals surface area contributed by atoms with E-state index < -0.39 is 0 Å². The Bertz CT molecular complexity index is 1850. The zero-order valence-corrected chi connectivity index (χ0v) is 21.2. The van der Waals surface area contributed by atoms with E-state index in [2.05, 4.69) is 97.1 Å². The fraction of sp³-hybridized carbons (Fsp3) is 0.189. The van der Waals surface area contributed by atoms with Gasteiger partial charge in [0.2, 0.25) is 0 Å². The van der Waals surface area contributed by atoms with E-state index in [9.17, 15) is 0 Å². The molecule has 0 bridgehead atoms. The molecule has 0 aliphatic heterocycles. The molecule has 6 aromatic rings. The molecule has 0 heteroatoms. The van der Waals surface area contributed by atoms with Crippen LogP contribution in [0.3, 0.4) is 0 Å². The molecule has 6 aromatic carbocycles. The Morgan fingerprint density at radius 2 is 0.946 bits per heavy atom. The predicted molar refractivity (Wildman–Crippen MR) is 158 cm³/mol. The first-order chi connectivity index (χ1) is 18.4. The normalized spacial score (nSPS) is 14.8. The van der Waals surface area contributed by atoms with Crippen LogP contribution in [0, 0.1) is 0 Å². The van der Waals surface area contributed by atoms with Gasteiger partial charge in [0, 0.05) is 0 Å². The van der Waals surface area contributed by atoms with Crippen LogP contribution < -0.4 is 0 Å². The molecule has 0 saturated heterocycles. The van der Waals surface area contributed by atoms with Gasteiger partial charge in [-0.2, -0.15) is 0 Å². The van der Waals surface area contributed by atoms with E-state index in [4.69, 9.17) is 0 Å². The second kappa shape index (κ2) is 8.32. The van der Waals surface area contributed by atoms with Crippen molar-refractivity contribution in [1.82, 2.24) is 0 Å². The Labute approximate surface area is 218 Å². The van der Waals surface area contributed by atoms with E-state index in [1.807, 2.05) is 0 Å². The van der Waals surface area contributed by atoms with Crippen molar-refractivity contribution in [1.29, 1.82) is 0 Å². The zero-order chi connectivity index (χ0) is 24.3. The summed E-state index contributed by atoms with van der Waals surface area (Å²) in [5, 5.41) is 8.24. The molecule has 0 heterocycles. The number of rotatable bonds is 2. The summed E-state index contributed by atoms with van der Waals surface area (Å²) >= 11 is 0. The first-order valence-electron chi connectivity index (χ1n) is 14.0. The van der Waals surface area contributed by atoms with E-state index in [1.54, 1.807) is 22.3 Å². The molecule has 8 rings (SSSR count). The molecule has 37 heavy (non-hydrogen) atoms. The van der Waals surface area contributed by atoms with Crippen LogP contribution >= 0.6 is 0 Å². The second-order valence-corrected chi connectivity index (χ2v) is 11.0. The third-order valence-corrected chi connectivity index (χ3v) is 8.96. The summed E-state index contributed by atoms with van der Waals surface area (Å²) in [6.45, 7) is 0. The lowest BCUT2D eigenvalue weighted by Crippen LogP contribution is -2.05. The standard InChI is InChI=1S/C37H30/c1-3-16-28-24(10-1)12-8-20-30(28)36-32-18-5-6-19-33(32)37(31-21-9-13-25-11-2-4-17-29(25)31)35-23-27-15-7-14-26(27)22-34(35)36/h1,3,5-6,8-10,12-13,16,18-23H,2,4,7,11,14-15,17H2. The van der Waals surface area contributed by atoms with Gasteiger partial charge in [-0.1, -0.05) is 97.1 Å². The molecular formula is C37H30. The summed E-state index contributed by atoms with van der Waals surface area (Å²) in [4.78, 5) is 0. The van der Waals surface area contributed by atoms with E-state index in [0.717, 1.165) is 0 Å². The maximum Gasteiger partial charge on any atom is -0.00200 e. The van der Waals surface area contributed by atoms with Crippen molar-refractivity contribution in [3.8, 4) is 22.3 Å². The van der Waals surface area contributed by atoms with Gasteiger partial charge in [0.1, 0.15) is 0 Å². The van der Waals surface area contributed by atoms with Crippen molar-refractivity contribution < 1.29 is 0 Å². The molecule has 178 valence electrons. The van der Waals surface area contributed by atoms with Gasteiger partial charge in [-0.15, -0.1) is 0 Å². The largest absolute Gasteiger partial charge is 0.0616 e. The summed E-state index contributed by atoms with van der Waals surface area (Å²) in [5.74, 6) is 0. The van der Waals surface area contributed by atoms with Crippen molar-refractivity contribution >= 4 is 32.3 Å². The minimum atomic E-state index is 1.19. The van der Waals surface area contributed by atoms with Crippen LogP contribution in [0.25, 0.3) is 54.6 Å². The van der Waals surface area contributed by atoms with Crippen molar-refractivity contribution in [3.05, 3.63) is 119 Å². The van der Waals surface area contributed by atoms with Gasteiger partial charge in [-0.3, -0.25) is 0 Å². The average Bonchev–Trinajstić information content (AvgIpc) is 3.42. The van der Waals surface area contributed by atoms with Gasteiger partial charge in [0.15, 0.2) is 0 Å². The predicted octanol–water partition coefficient (Wildman–Crippen LogP) is 9.85. The SMILES string of the molecule is c1cc2c(c(-c3c4ccccc4c(-c4cccc5ccccc45)c4cc5c(cc34)CCC5)c1)CCCC2. The number of hydrogen-bond donors (Lipinski definition) is 0. The molecule has 0 saturated carbocycles. The molecule has 0 amide bonds. The molecule has 0 fully saturated rings. The summed E-state index contributed by atoms with van der Waals surface area (Å²) in [6.07, 6.45) is 8.68. The van der Waals surface area contributed by atoms with Crippen molar-refractivity contribution in [2.24, 2.45) is 0 Å². The van der Waals surface area contributed by atoms with E-state index in [0.29, 0.717) is 0 Å². The Morgan fingerprint density at radius 3 is 1.73 bits per heavy atom. The molecule has 0 atom stereocenters. The third kappa shape index (κ3) is 3.22. The van der Waals surface area contributed by atoms with Crippen molar-refractivity contribution in [2.45, 2.75) is 44.9 Å². The van der Waals surface area contributed by atoms with Crippen molar-refractivity contribution in [3.63, 3.8) is 0 Å². The van der Waals surface area contributed by atoms with E-state index >= 15 is 0 Å². The molecule has 0 nitrogen and oxygen atoms in total. The third-order valence-electron chi connectivity index (χ3n) is 8.96. The molecule has 0 spiro atoms. The van der Waals surface area contributed by atoms with Gasteiger partial charge >= 0.3 is 0 Å². The molecule has 2 aliphatic carbocycles. The lowest BCUT2D eigenvalue weighted by molar-refractivity contribution is 0.687. The highest BCUT2D eigenvalue weighted by Gasteiger charge is 2.23. The van der Waals surface area contributed by atoms with Crippen LogP contribution in [0.1, 0.15) is 41.5 Å². The Balaban J connectivity index is 1.58. The lowest BCUT2D eigenvalue weighted by atomic mass is 9.80. The van der Waals surface area contributed by atoms with Gasteiger partial charge in [-0.05, 0) is 122 Å². The first-order valence-corrected chi connectivity index (χ1v) is 14.0. The van der Waals surface area contributed by atoms with Crippen LogP contribution in [0.5, 0.6) is 0 Å². The molecule has 0 N–H and O–H groups in total. The molecule has 0 aromatic heterocycles. The maximum absolute atomic E-state index is 2.57. The summed E-state index contributed by atoms with van der Waals surface area (Å²) in [6, 6.07) is 37.0.